The summed E-state index contributed by atoms with van der Waals surface area (Å²) in [4.78, 5) is 20.9. The molecular formula is C22H29FIN5O. The highest BCUT2D eigenvalue weighted by molar-refractivity contribution is 14.0. The van der Waals surface area contributed by atoms with E-state index >= 15 is 0 Å². The van der Waals surface area contributed by atoms with Crippen molar-refractivity contribution in [2.45, 2.75) is 13.5 Å². The Morgan fingerprint density at radius 3 is 2.23 bits per heavy atom. The average Bonchev–Trinajstić information content (AvgIpc) is 2.77. The molecule has 1 heterocycles. The van der Waals surface area contributed by atoms with Crippen molar-refractivity contribution in [3.05, 3.63) is 65.5 Å². The van der Waals surface area contributed by atoms with E-state index in [1.807, 2.05) is 36.4 Å². The Hall–Kier alpha value is -2.36. The zero-order valence-electron chi connectivity index (χ0n) is 17.4. The van der Waals surface area contributed by atoms with Crippen LogP contribution in [0, 0.1) is 5.82 Å². The van der Waals surface area contributed by atoms with Crippen LogP contribution in [0.4, 0.5) is 10.1 Å². The van der Waals surface area contributed by atoms with Crippen LogP contribution in [0.3, 0.4) is 0 Å². The van der Waals surface area contributed by atoms with Crippen LogP contribution < -0.4 is 15.5 Å². The Kier molecular flexibility index (Phi) is 9.35. The number of carbonyl (C=O) groups excluding carboxylic acids is 1. The minimum atomic E-state index is -0.211. The molecule has 2 aromatic carbocycles. The van der Waals surface area contributed by atoms with Gasteiger partial charge in [-0.05, 0) is 48.9 Å². The maximum atomic E-state index is 13.1. The first-order chi connectivity index (χ1) is 14.1. The highest BCUT2D eigenvalue weighted by Crippen LogP contribution is 2.17. The second kappa shape index (κ2) is 11.7. The number of guanidine groups is 1. The summed E-state index contributed by atoms with van der Waals surface area (Å²) in [7, 11) is 1.62. The number of halogens is 2. The van der Waals surface area contributed by atoms with E-state index in [1.54, 1.807) is 7.05 Å². The number of piperazine rings is 1. The highest BCUT2D eigenvalue weighted by Gasteiger charge is 2.19. The van der Waals surface area contributed by atoms with Gasteiger partial charge in [0.1, 0.15) is 5.82 Å². The molecule has 1 aliphatic heterocycles. The van der Waals surface area contributed by atoms with Crippen LogP contribution in [-0.4, -0.2) is 56.5 Å². The number of amides is 1. The van der Waals surface area contributed by atoms with Crippen LogP contribution in [0.15, 0.2) is 53.5 Å². The quantitative estimate of drug-likeness (QED) is 0.358. The number of rotatable bonds is 5. The summed E-state index contributed by atoms with van der Waals surface area (Å²) in [6, 6.07) is 14.2. The third-order valence-corrected chi connectivity index (χ3v) is 4.96. The first kappa shape index (κ1) is 23.9. The number of aliphatic imine (C=N–C) groups is 1. The van der Waals surface area contributed by atoms with Crippen molar-refractivity contribution in [1.29, 1.82) is 0 Å². The van der Waals surface area contributed by atoms with Gasteiger partial charge in [-0.2, -0.15) is 0 Å². The predicted molar refractivity (Wildman–Crippen MR) is 130 cm³/mol. The van der Waals surface area contributed by atoms with E-state index in [2.05, 4.69) is 27.4 Å². The smallest absolute Gasteiger partial charge is 0.251 e. The van der Waals surface area contributed by atoms with Crippen molar-refractivity contribution in [3.8, 4) is 0 Å². The van der Waals surface area contributed by atoms with E-state index in [0.717, 1.165) is 49.9 Å². The molecule has 0 aliphatic carbocycles. The molecule has 30 heavy (non-hydrogen) atoms. The molecule has 1 aliphatic rings. The van der Waals surface area contributed by atoms with Gasteiger partial charge in [0.05, 0.1) is 6.54 Å². The minimum absolute atomic E-state index is 0. The van der Waals surface area contributed by atoms with Gasteiger partial charge in [0, 0.05) is 51.0 Å². The third-order valence-electron chi connectivity index (χ3n) is 4.96. The Balaban J connectivity index is 0.00000320. The lowest BCUT2D eigenvalue weighted by Gasteiger charge is -2.37. The fraction of sp³-hybridized carbons (Fsp3) is 0.364. The van der Waals surface area contributed by atoms with Crippen LogP contribution in [0.25, 0.3) is 0 Å². The van der Waals surface area contributed by atoms with Crippen LogP contribution in [0.1, 0.15) is 22.8 Å². The Morgan fingerprint density at radius 1 is 1.03 bits per heavy atom. The summed E-state index contributed by atoms with van der Waals surface area (Å²) in [5.74, 6) is 0.589. The lowest BCUT2D eigenvalue weighted by atomic mass is 10.1. The molecule has 0 unspecified atom stereocenters. The molecule has 162 valence electrons. The second-order valence-corrected chi connectivity index (χ2v) is 6.90. The van der Waals surface area contributed by atoms with Crippen LogP contribution >= 0.6 is 24.0 Å². The molecule has 0 atom stereocenters. The maximum Gasteiger partial charge on any atom is 0.251 e. The Labute approximate surface area is 194 Å². The molecule has 2 N–H and O–H groups in total. The molecule has 1 amide bonds. The lowest BCUT2D eigenvalue weighted by Crippen LogP contribution is -2.52. The van der Waals surface area contributed by atoms with Gasteiger partial charge in [0.25, 0.3) is 5.91 Å². The zero-order chi connectivity index (χ0) is 20.6. The summed E-state index contributed by atoms with van der Waals surface area (Å²) in [5.41, 5.74) is 2.74. The van der Waals surface area contributed by atoms with E-state index in [0.29, 0.717) is 12.1 Å². The van der Waals surface area contributed by atoms with Crippen molar-refractivity contribution in [2.75, 3.05) is 44.7 Å². The van der Waals surface area contributed by atoms with Gasteiger partial charge < -0.3 is 20.4 Å². The SMILES string of the molecule is CCNC(=NCc1ccc(C(=O)NC)cc1)N1CCN(c2ccc(F)cc2)CC1.I. The molecule has 0 bridgehead atoms. The Morgan fingerprint density at radius 2 is 1.67 bits per heavy atom. The van der Waals surface area contributed by atoms with E-state index in [9.17, 15) is 9.18 Å². The van der Waals surface area contributed by atoms with Crippen LogP contribution in [0.5, 0.6) is 0 Å². The van der Waals surface area contributed by atoms with Crippen molar-refractivity contribution in [1.82, 2.24) is 15.5 Å². The third kappa shape index (κ3) is 6.32. The molecule has 0 aromatic heterocycles. The van der Waals surface area contributed by atoms with Gasteiger partial charge >= 0.3 is 0 Å². The fourth-order valence-corrected chi connectivity index (χ4v) is 3.33. The molecule has 2 aromatic rings. The molecule has 0 saturated carbocycles. The normalized spacial score (nSPS) is 14.2. The van der Waals surface area contributed by atoms with E-state index in [-0.39, 0.29) is 35.7 Å². The molecule has 0 radical (unpaired) electrons. The predicted octanol–water partition coefficient (Wildman–Crippen LogP) is 3.09. The van der Waals surface area contributed by atoms with Crippen molar-refractivity contribution >= 4 is 41.5 Å². The molecule has 1 saturated heterocycles. The topological polar surface area (TPSA) is 60.0 Å². The number of hydrogen-bond donors (Lipinski definition) is 2. The monoisotopic (exact) mass is 525 g/mol. The summed E-state index contributed by atoms with van der Waals surface area (Å²) in [5, 5.41) is 5.99. The Bertz CT molecular complexity index is 834. The number of nitrogens with zero attached hydrogens (tertiary/aromatic N) is 3. The first-order valence-corrected chi connectivity index (χ1v) is 9.95. The maximum absolute atomic E-state index is 13.1. The van der Waals surface area contributed by atoms with Gasteiger partial charge in [0.15, 0.2) is 5.96 Å². The second-order valence-electron chi connectivity index (χ2n) is 6.90. The van der Waals surface area contributed by atoms with E-state index in [4.69, 9.17) is 4.99 Å². The summed E-state index contributed by atoms with van der Waals surface area (Å²) >= 11 is 0. The lowest BCUT2D eigenvalue weighted by molar-refractivity contribution is 0.0963. The molecule has 1 fully saturated rings. The summed E-state index contributed by atoms with van der Waals surface area (Å²) in [6.07, 6.45) is 0. The summed E-state index contributed by atoms with van der Waals surface area (Å²) < 4.78 is 13.1. The van der Waals surface area contributed by atoms with Gasteiger partial charge in [0.2, 0.25) is 0 Å². The standard InChI is InChI=1S/C22H28FN5O.HI/c1-3-25-22(26-16-17-4-6-18(7-5-17)21(29)24-2)28-14-12-27(13-15-28)20-10-8-19(23)9-11-20;/h4-11H,3,12-16H2,1-2H3,(H,24,29)(H,25,26);1H. The van der Waals surface area contributed by atoms with Gasteiger partial charge in [-0.25, -0.2) is 9.38 Å². The number of carbonyl (C=O) groups is 1. The van der Waals surface area contributed by atoms with Crippen molar-refractivity contribution in [2.24, 2.45) is 4.99 Å². The number of benzene rings is 2. The van der Waals surface area contributed by atoms with Crippen molar-refractivity contribution < 1.29 is 9.18 Å². The zero-order valence-corrected chi connectivity index (χ0v) is 19.7. The largest absolute Gasteiger partial charge is 0.368 e. The fourth-order valence-electron chi connectivity index (χ4n) is 3.33. The minimum Gasteiger partial charge on any atom is -0.368 e. The molecule has 6 nitrogen and oxygen atoms in total. The van der Waals surface area contributed by atoms with Gasteiger partial charge in [-0.15, -0.1) is 24.0 Å². The molecule has 3 rings (SSSR count). The summed E-state index contributed by atoms with van der Waals surface area (Å²) in [6.45, 7) is 6.81. The highest BCUT2D eigenvalue weighted by atomic mass is 127. The number of nitrogens with one attached hydrogen (secondary N) is 2. The average molecular weight is 525 g/mol. The van der Waals surface area contributed by atoms with Gasteiger partial charge in [-0.1, -0.05) is 12.1 Å². The first-order valence-electron chi connectivity index (χ1n) is 9.95. The molecular weight excluding hydrogens is 496 g/mol. The van der Waals surface area contributed by atoms with Gasteiger partial charge in [-0.3, -0.25) is 4.79 Å². The van der Waals surface area contributed by atoms with Crippen molar-refractivity contribution in [3.63, 3.8) is 0 Å². The molecule has 8 heteroatoms. The van der Waals surface area contributed by atoms with E-state index < -0.39 is 0 Å². The number of hydrogen-bond acceptors (Lipinski definition) is 3. The van der Waals surface area contributed by atoms with Crippen LogP contribution in [-0.2, 0) is 6.54 Å². The van der Waals surface area contributed by atoms with E-state index in [1.165, 1.54) is 12.1 Å². The van der Waals surface area contributed by atoms with Crippen LogP contribution in [0.2, 0.25) is 0 Å². The number of anilines is 1. The molecule has 0 spiro atoms.